The predicted molar refractivity (Wildman–Crippen MR) is 346 cm³/mol. The van der Waals surface area contributed by atoms with Crippen molar-refractivity contribution in [2.45, 2.75) is 51.4 Å². The van der Waals surface area contributed by atoms with E-state index in [0.717, 1.165) is 86.5 Å². The van der Waals surface area contributed by atoms with Crippen LogP contribution in [0.15, 0.2) is 297 Å². The first-order chi connectivity index (χ1) is 40.2. The Bertz CT molecular complexity index is 4180. The molecule has 0 unspecified atom stereocenters. The van der Waals surface area contributed by atoms with Crippen LogP contribution >= 0.6 is 0 Å². The lowest BCUT2D eigenvalue weighted by Crippen LogP contribution is -2.17. The highest BCUT2D eigenvalue weighted by Crippen LogP contribution is 2.53. The second-order valence-electron chi connectivity index (χ2n) is 22.9. The first kappa shape index (κ1) is 50.3. The van der Waals surface area contributed by atoms with Gasteiger partial charge in [-0.3, -0.25) is 0 Å². The van der Waals surface area contributed by atoms with Crippen molar-refractivity contribution < 1.29 is 0 Å². The largest absolute Gasteiger partial charge is 0.314 e. The normalized spacial score (nSPS) is 14.0. The monoisotopic (exact) mass is 1060 g/mol. The molecule has 0 radical (unpaired) electrons. The molecule has 4 heteroatoms. The molecule has 0 fully saturated rings. The Morgan fingerprint density at radius 1 is 0.268 bits per heavy atom. The first-order valence-electron chi connectivity index (χ1n) is 28.8. The molecule has 0 aliphatic heterocycles. The van der Waals surface area contributed by atoms with Gasteiger partial charge >= 0.3 is 0 Å². The molecule has 0 atom stereocenters. The molecule has 0 saturated carbocycles. The van der Waals surface area contributed by atoms with Crippen molar-refractivity contribution >= 4 is 62.6 Å². The molecule has 82 heavy (non-hydrogen) atoms. The van der Waals surface area contributed by atoms with Gasteiger partial charge in [0.05, 0.1) is 0 Å². The smallest absolute Gasteiger partial charge is 0.0468 e. The first-order valence-corrected chi connectivity index (χ1v) is 28.8. The Morgan fingerprint density at radius 2 is 0.561 bits per heavy atom. The number of hydrogen-bond acceptors (Lipinski definition) is 4. The van der Waals surface area contributed by atoms with Crippen LogP contribution in [-0.2, 0) is 10.8 Å². The summed E-state index contributed by atoms with van der Waals surface area (Å²) in [6.45, 7) is 9.37. The van der Waals surface area contributed by atoms with E-state index in [-0.39, 0.29) is 10.8 Å². The third-order valence-electron chi connectivity index (χ3n) is 17.3. The van der Waals surface area contributed by atoms with Crippen LogP contribution in [-0.4, -0.2) is 0 Å². The topological polar surface area (TPSA) is 13.0 Å². The third-order valence-corrected chi connectivity index (χ3v) is 17.3. The molecule has 14 rings (SSSR count). The van der Waals surface area contributed by atoms with Crippen LogP contribution in [0, 0.1) is 0 Å². The minimum atomic E-state index is -0.0557. The lowest BCUT2D eigenvalue weighted by Gasteiger charge is -2.30. The zero-order valence-corrected chi connectivity index (χ0v) is 46.9. The molecule has 396 valence electrons. The van der Waals surface area contributed by atoms with E-state index in [1.165, 1.54) is 50.2 Å². The summed E-state index contributed by atoms with van der Waals surface area (Å²) in [5.74, 6) is 0. The quantitative estimate of drug-likeness (QED) is 0.114. The van der Waals surface area contributed by atoms with Gasteiger partial charge in [-0.15, -0.1) is 0 Å². The van der Waals surface area contributed by atoms with Crippen LogP contribution in [0.25, 0.3) is 33.4 Å². The number of allylic oxidation sites excluding steroid dienone is 4. The highest BCUT2D eigenvalue weighted by atomic mass is 15.2. The highest BCUT2D eigenvalue weighted by molar-refractivity contribution is 5.90. The average Bonchev–Trinajstić information content (AvgIpc) is 2.77. The van der Waals surface area contributed by atoms with E-state index in [1.807, 2.05) is 0 Å². The van der Waals surface area contributed by atoms with E-state index in [0.29, 0.717) is 0 Å². The summed E-state index contributed by atoms with van der Waals surface area (Å²) < 4.78 is 0. The maximum Gasteiger partial charge on any atom is 0.0468 e. The van der Waals surface area contributed by atoms with Crippen molar-refractivity contribution in [1.82, 2.24) is 0 Å². The van der Waals surface area contributed by atoms with E-state index in [2.05, 4.69) is 339 Å². The number of fused-ring (bicyclic) bond motifs is 6. The van der Waals surface area contributed by atoms with Gasteiger partial charge in [-0.2, -0.15) is 0 Å². The van der Waals surface area contributed by atoms with Gasteiger partial charge in [0, 0.05) is 79.1 Å². The predicted octanol–water partition coefficient (Wildman–Crippen LogP) is 21.7. The number of rotatable bonds is 13. The second-order valence-corrected chi connectivity index (χ2v) is 22.9. The van der Waals surface area contributed by atoms with Gasteiger partial charge in [0.1, 0.15) is 0 Å². The van der Waals surface area contributed by atoms with Crippen molar-refractivity contribution in [3.05, 3.63) is 319 Å². The van der Waals surface area contributed by atoms with Gasteiger partial charge < -0.3 is 19.6 Å². The van der Waals surface area contributed by atoms with Gasteiger partial charge in [-0.1, -0.05) is 179 Å². The number of benzene rings is 11. The molecule has 3 aliphatic carbocycles. The molecule has 11 aromatic carbocycles. The molecule has 0 N–H and O–H groups in total. The van der Waals surface area contributed by atoms with Crippen molar-refractivity contribution in [2.24, 2.45) is 0 Å². The summed E-state index contributed by atoms with van der Waals surface area (Å²) in [7, 11) is 0. The van der Waals surface area contributed by atoms with Gasteiger partial charge in [0.2, 0.25) is 0 Å². The van der Waals surface area contributed by atoms with E-state index in [1.54, 1.807) is 0 Å². The summed E-state index contributed by atoms with van der Waals surface area (Å²) >= 11 is 0. The minimum absolute atomic E-state index is 0.0521. The molecule has 0 heterocycles. The number of para-hydroxylation sites is 3. The minimum Gasteiger partial charge on any atom is -0.314 e. The summed E-state index contributed by atoms with van der Waals surface area (Å²) in [5, 5.41) is 0. The standard InChI is InChI=1S/C78H64N4/c1-77(2)73-31-19-17-29-69(73)71-53-67(49-51-75(71)77)81(59-25-13-7-14-26-59)65-45-41-63(42-46-65)79(57-21-9-5-10-22-57)61-37-33-55(34-38-61)56-35-39-62(40-36-56)80(58-23-11-6-12-24-58)64-43-47-66(48-44-64)82(60-27-15-8-16-28-60)68-50-52-76-72(54-68)70-30-18-20-32-74(70)78(76,3)4/h5-11,13-23,25-54H,12,24H2,1-4H3. The van der Waals surface area contributed by atoms with Gasteiger partial charge in [-0.05, 0) is 208 Å². The molecule has 4 nitrogen and oxygen atoms in total. The maximum atomic E-state index is 2.43. The van der Waals surface area contributed by atoms with Crippen molar-refractivity contribution in [2.75, 3.05) is 19.6 Å². The summed E-state index contributed by atoms with van der Waals surface area (Å²) in [4.78, 5) is 9.53. The highest BCUT2D eigenvalue weighted by Gasteiger charge is 2.37. The molecular weight excluding hydrogens is 993 g/mol. The number of hydrogen-bond donors (Lipinski definition) is 0. The Morgan fingerprint density at radius 3 is 0.927 bits per heavy atom. The lowest BCUT2D eigenvalue weighted by atomic mass is 9.82. The summed E-state index contributed by atoms with van der Waals surface area (Å²) in [5.41, 5.74) is 26.5. The fraction of sp³-hybridized carbons (Fsp3) is 0.103. The molecule has 11 aromatic rings. The van der Waals surface area contributed by atoms with E-state index >= 15 is 0 Å². The number of nitrogens with zero attached hydrogens (tertiary/aromatic N) is 4. The van der Waals surface area contributed by atoms with Crippen molar-refractivity contribution in [1.29, 1.82) is 0 Å². The van der Waals surface area contributed by atoms with E-state index < -0.39 is 0 Å². The molecule has 0 spiro atoms. The average molecular weight is 1060 g/mol. The van der Waals surface area contributed by atoms with Crippen molar-refractivity contribution in [3.8, 4) is 33.4 Å². The molecular formula is C78H64N4. The van der Waals surface area contributed by atoms with Gasteiger partial charge in [0.25, 0.3) is 0 Å². The van der Waals surface area contributed by atoms with Crippen molar-refractivity contribution in [3.63, 3.8) is 0 Å². The second kappa shape index (κ2) is 20.6. The van der Waals surface area contributed by atoms with E-state index in [9.17, 15) is 0 Å². The Balaban J connectivity index is 0.751. The lowest BCUT2D eigenvalue weighted by molar-refractivity contribution is 0.660. The van der Waals surface area contributed by atoms with Crippen LogP contribution < -0.4 is 19.6 Å². The molecule has 3 aliphatic rings. The summed E-state index contributed by atoms with van der Waals surface area (Å²) in [6.07, 6.45) is 8.68. The molecule has 0 saturated heterocycles. The SMILES string of the molecule is CC1(C)c2ccccc2-c2cc(N(c3ccccc3)c3ccc(N(C4=CC=CCC4)c4ccc(-c5ccc(N(c6ccccc6)c6ccc(N(c7ccccc7)c7ccc8c(c7)-c7ccccc7C8(C)C)cc6)cc5)cc4)cc3)ccc21. The van der Waals surface area contributed by atoms with Gasteiger partial charge in [-0.25, -0.2) is 0 Å². The fourth-order valence-electron chi connectivity index (χ4n) is 13.1. The van der Waals surface area contributed by atoms with Crippen LogP contribution in [0.4, 0.5) is 62.6 Å². The van der Waals surface area contributed by atoms with Gasteiger partial charge in [0.15, 0.2) is 0 Å². The van der Waals surface area contributed by atoms with Crippen LogP contribution in [0.3, 0.4) is 0 Å². The zero-order chi connectivity index (χ0) is 55.4. The Kier molecular flexibility index (Phi) is 12.7. The Hall–Kier alpha value is -9.90. The van der Waals surface area contributed by atoms with Crippen LogP contribution in [0.2, 0.25) is 0 Å². The molecule has 0 aromatic heterocycles. The molecule has 0 bridgehead atoms. The maximum absolute atomic E-state index is 2.43. The van der Waals surface area contributed by atoms with Crippen LogP contribution in [0.1, 0.15) is 62.8 Å². The fourth-order valence-corrected chi connectivity index (χ4v) is 13.1. The third kappa shape index (κ3) is 8.88. The number of anilines is 11. The van der Waals surface area contributed by atoms with E-state index in [4.69, 9.17) is 0 Å². The zero-order valence-electron chi connectivity index (χ0n) is 46.9. The van der Waals surface area contributed by atoms with Crippen LogP contribution in [0.5, 0.6) is 0 Å². The molecule has 0 amide bonds. The Labute approximate surface area is 483 Å². The summed E-state index contributed by atoms with van der Waals surface area (Å²) in [6, 6.07) is 100.